The van der Waals surface area contributed by atoms with Gasteiger partial charge in [-0.1, -0.05) is 23.7 Å². The SMILES string of the molecule is O=C1[C@H](C2CC(O)C2)N(Cc2ccc(F)cc2)C(=O)CN1c1ncc(Cl)cc1F. The average molecular weight is 422 g/mol. The number of aliphatic hydroxyl groups is 1. The zero-order chi connectivity index (χ0) is 20.7. The van der Waals surface area contributed by atoms with Crippen molar-refractivity contribution in [1.82, 2.24) is 9.88 Å². The summed E-state index contributed by atoms with van der Waals surface area (Å²) in [5.74, 6) is -2.53. The number of hydrogen-bond donors (Lipinski definition) is 1. The van der Waals surface area contributed by atoms with Crippen molar-refractivity contribution < 1.29 is 23.5 Å². The lowest BCUT2D eigenvalue weighted by molar-refractivity contribution is -0.149. The third-order valence-corrected chi connectivity index (χ3v) is 5.58. The lowest BCUT2D eigenvalue weighted by Gasteiger charge is -2.47. The summed E-state index contributed by atoms with van der Waals surface area (Å²) in [7, 11) is 0. The number of carbonyl (C=O) groups excluding carboxylic acids is 2. The Morgan fingerprint density at radius 1 is 1.17 bits per heavy atom. The summed E-state index contributed by atoms with van der Waals surface area (Å²) in [5.41, 5.74) is 0.668. The number of halogens is 3. The van der Waals surface area contributed by atoms with E-state index >= 15 is 0 Å². The summed E-state index contributed by atoms with van der Waals surface area (Å²) >= 11 is 5.74. The van der Waals surface area contributed by atoms with Gasteiger partial charge in [-0.2, -0.15) is 0 Å². The van der Waals surface area contributed by atoms with Gasteiger partial charge in [0.25, 0.3) is 5.91 Å². The highest BCUT2D eigenvalue weighted by molar-refractivity contribution is 6.30. The second kappa shape index (κ2) is 7.68. The average Bonchev–Trinajstić information content (AvgIpc) is 2.65. The fraction of sp³-hybridized carbons (Fsp3) is 0.350. The van der Waals surface area contributed by atoms with E-state index < -0.39 is 29.7 Å². The zero-order valence-corrected chi connectivity index (χ0v) is 16.0. The number of amides is 2. The molecule has 0 bridgehead atoms. The fourth-order valence-corrected chi connectivity index (χ4v) is 4.00. The van der Waals surface area contributed by atoms with Gasteiger partial charge in [-0.25, -0.2) is 13.8 Å². The normalized spacial score (nSPS) is 24.6. The van der Waals surface area contributed by atoms with E-state index in [1.54, 1.807) is 12.1 Å². The van der Waals surface area contributed by atoms with Crippen LogP contribution in [0, 0.1) is 17.6 Å². The summed E-state index contributed by atoms with van der Waals surface area (Å²) in [6, 6.07) is 5.84. The number of aliphatic hydroxyl groups excluding tert-OH is 1. The van der Waals surface area contributed by atoms with E-state index in [4.69, 9.17) is 11.6 Å². The molecule has 2 amide bonds. The smallest absolute Gasteiger partial charge is 0.251 e. The van der Waals surface area contributed by atoms with Gasteiger partial charge in [0.15, 0.2) is 11.6 Å². The molecule has 0 unspecified atom stereocenters. The predicted octanol–water partition coefficient (Wildman–Crippen LogP) is 2.53. The Balaban J connectivity index is 1.65. The first-order valence-corrected chi connectivity index (χ1v) is 9.55. The summed E-state index contributed by atoms with van der Waals surface area (Å²) in [4.78, 5) is 32.5. The molecule has 1 saturated heterocycles. The highest BCUT2D eigenvalue weighted by Gasteiger charge is 2.48. The van der Waals surface area contributed by atoms with Crippen LogP contribution in [0.4, 0.5) is 14.6 Å². The van der Waals surface area contributed by atoms with Gasteiger partial charge in [0.2, 0.25) is 5.91 Å². The molecule has 1 aliphatic carbocycles. The van der Waals surface area contributed by atoms with Gasteiger partial charge in [-0.05, 0) is 42.5 Å². The molecule has 29 heavy (non-hydrogen) atoms. The molecule has 2 heterocycles. The Bertz CT molecular complexity index is 950. The van der Waals surface area contributed by atoms with Crippen LogP contribution < -0.4 is 4.90 Å². The fourth-order valence-electron chi connectivity index (χ4n) is 3.85. The maximum Gasteiger partial charge on any atom is 0.251 e. The van der Waals surface area contributed by atoms with E-state index in [9.17, 15) is 23.5 Å². The molecule has 1 N–H and O–H groups in total. The topological polar surface area (TPSA) is 73.7 Å². The first kappa shape index (κ1) is 19.7. The molecule has 0 spiro atoms. The number of piperazine rings is 1. The highest BCUT2D eigenvalue weighted by Crippen LogP contribution is 2.37. The quantitative estimate of drug-likeness (QED) is 0.823. The van der Waals surface area contributed by atoms with Gasteiger partial charge >= 0.3 is 0 Å². The van der Waals surface area contributed by atoms with E-state index in [-0.39, 0.29) is 35.8 Å². The standard InChI is InChI=1S/C20H18ClF2N3O3/c21-13-7-16(23)19(24-8-13)26-10-17(28)25(9-11-1-3-14(22)4-2-11)18(20(26)29)12-5-15(27)6-12/h1-4,7-8,12,15,18,27H,5-6,9-10H2/t12?,15?,18-/m0/s1. The lowest BCUT2D eigenvalue weighted by atomic mass is 9.75. The molecule has 2 fully saturated rings. The maximum absolute atomic E-state index is 14.4. The van der Waals surface area contributed by atoms with Crippen molar-refractivity contribution in [1.29, 1.82) is 0 Å². The molecule has 1 atom stereocenters. The monoisotopic (exact) mass is 421 g/mol. The van der Waals surface area contributed by atoms with E-state index in [2.05, 4.69) is 4.98 Å². The summed E-state index contributed by atoms with van der Waals surface area (Å²) in [6.45, 7) is -0.246. The number of rotatable bonds is 4. The van der Waals surface area contributed by atoms with E-state index in [0.29, 0.717) is 18.4 Å². The second-order valence-electron chi connectivity index (χ2n) is 7.36. The minimum Gasteiger partial charge on any atom is -0.393 e. The van der Waals surface area contributed by atoms with Gasteiger partial charge < -0.3 is 10.0 Å². The molecule has 0 radical (unpaired) electrons. The number of pyridine rings is 1. The van der Waals surface area contributed by atoms with Crippen LogP contribution in [-0.2, 0) is 16.1 Å². The van der Waals surface area contributed by atoms with Gasteiger partial charge in [0.1, 0.15) is 18.4 Å². The number of anilines is 1. The minimum absolute atomic E-state index is 0.0821. The van der Waals surface area contributed by atoms with E-state index in [0.717, 1.165) is 11.0 Å². The molecule has 6 nitrogen and oxygen atoms in total. The van der Waals surface area contributed by atoms with Crippen molar-refractivity contribution in [3.8, 4) is 0 Å². The van der Waals surface area contributed by atoms with Crippen molar-refractivity contribution in [2.45, 2.75) is 31.5 Å². The molecular formula is C20H18ClF2N3O3. The maximum atomic E-state index is 14.4. The zero-order valence-electron chi connectivity index (χ0n) is 15.3. The molecule has 1 aromatic heterocycles. The van der Waals surface area contributed by atoms with Gasteiger partial charge in [-0.3, -0.25) is 14.5 Å². The number of hydrogen-bond acceptors (Lipinski definition) is 4. The van der Waals surface area contributed by atoms with Crippen LogP contribution >= 0.6 is 11.6 Å². The Hall–Kier alpha value is -2.58. The Kier molecular flexibility index (Phi) is 5.23. The van der Waals surface area contributed by atoms with Gasteiger partial charge in [0, 0.05) is 12.7 Å². The molecule has 4 rings (SSSR count). The summed E-state index contributed by atoms with van der Waals surface area (Å²) < 4.78 is 27.6. The minimum atomic E-state index is -0.860. The largest absolute Gasteiger partial charge is 0.393 e. The summed E-state index contributed by atoms with van der Waals surface area (Å²) in [5, 5.41) is 9.79. The van der Waals surface area contributed by atoms with Crippen LogP contribution in [0.5, 0.6) is 0 Å². The van der Waals surface area contributed by atoms with Crippen LogP contribution in [-0.4, -0.2) is 45.5 Å². The van der Waals surface area contributed by atoms with Crippen molar-refractivity contribution >= 4 is 29.2 Å². The molecule has 1 saturated carbocycles. The van der Waals surface area contributed by atoms with Crippen LogP contribution in [0.25, 0.3) is 0 Å². The molecule has 2 aromatic rings. The number of carbonyl (C=O) groups is 2. The first-order chi connectivity index (χ1) is 13.8. The molecule has 9 heteroatoms. The van der Waals surface area contributed by atoms with Crippen LogP contribution in [0.2, 0.25) is 5.02 Å². The Morgan fingerprint density at radius 3 is 2.48 bits per heavy atom. The number of aromatic nitrogens is 1. The Morgan fingerprint density at radius 2 is 1.86 bits per heavy atom. The van der Waals surface area contributed by atoms with Crippen molar-refractivity contribution in [3.05, 3.63) is 58.7 Å². The van der Waals surface area contributed by atoms with Gasteiger partial charge in [-0.15, -0.1) is 0 Å². The van der Waals surface area contributed by atoms with Gasteiger partial charge in [0.05, 0.1) is 11.1 Å². The molecule has 1 aliphatic heterocycles. The van der Waals surface area contributed by atoms with Crippen LogP contribution in [0.3, 0.4) is 0 Å². The third kappa shape index (κ3) is 3.82. The van der Waals surface area contributed by atoms with E-state index in [1.807, 2.05) is 0 Å². The Labute approximate surface area is 170 Å². The number of nitrogens with zero attached hydrogens (tertiary/aromatic N) is 3. The predicted molar refractivity (Wildman–Crippen MR) is 101 cm³/mol. The van der Waals surface area contributed by atoms with Crippen LogP contribution in [0.15, 0.2) is 36.5 Å². The van der Waals surface area contributed by atoms with Crippen molar-refractivity contribution in [2.24, 2.45) is 5.92 Å². The molecule has 2 aliphatic rings. The highest BCUT2D eigenvalue weighted by atomic mass is 35.5. The number of benzene rings is 1. The van der Waals surface area contributed by atoms with E-state index in [1.165, 1.54) is 23.2 Å². The third-order valence-electron chi connectivity index (χ3n) is 5.37. The summed E-state index contributed by atoms with van der Waals surface area (Å²) in [6.07, 6.45) is 1.42. The van der Waals surface area contributed by atoms with Crippen LogP contribution in [0.1, 0.15) is 18.4 Å². The van der Waals surface area contributed by atoms with Crippen molar-refractivity contribution in [2.75, 3.05) is 11.4 Å². The first-order valence-electron chi connectivity index (χ1n) is 9.18. The molecular weight excluding hydrogens is 404 g/mol. The lowest BCUT2D eigenvalue weighted by Crippen LogP contribution is -2.64. The molecule has 152 valence electrons. The second-order valence-corrected chi connectivity index (χ2v) is 7.80. The molecule has 1 aromatic carbocycles. The van der Waals surface area contributed by atoms with Crippen molar-refractivity contribution in [3.63, 3.8) is 0 Å².